The van der Waals surface area contributed by atoms with E-state index in [0.29, 0.717) is 18.7 Å². The summed E-state index contributed by atoms with van der Waals surface area (Å²) in [5.74, 6) is 0.754. The first-order valence-corrected chi connectivity index (χ1v) is 10.3. The maximum atomic E-state index is 12.1. The van der Waals surface area contributed by atoms with Gasteiger partial charge in [-0.25, -0.2) is 0 Å². The molecular weight excluding hydrogens is 513 g/mol. The second-order valence-electron chi connectivity index (χ2n) is 7.42. The van der Waals surface area contributed by atoms with Gasteiger partial charge >= 0.3 is 0 Å². The molecule has 168 valence electrons. The summed E-state index contributed by atoms with van der Waals surface area (Å²) in [6, 6.07) is 22.0. The van der Waals surface area contributed by atoms with Crippen molar-refractivity contribution < 1.29 is 4.79 Å². The smallest absolute Gasteiger partial charge is 0.253 e. The lowest BCUT2D eigenvalue weighted by Gasteiger charge is -2.13. The molecule has 6 nitrogen and oxygen atoms in total. The average molecular weight is 543 g/mol. The first-order chi connectivity index (χ1) is 15.1. The van der Waals surface area contributed by atoms with Gasteiger partial charge in [-0.2, -0.15) is 0 Å². The van der Waals surface area contributed by atoms with Gasteiger partial charge in [-0.05, 0) is 47.9 Å². The molecule has 0 saturated carbocycles. The second kappa shape index (κ2) is 12.8. The normalized spacial score (nSPS) is 10.8. The van der Waals surface area contributed by atoms with Gasteiger partial charge in [0, 0.05) is 51.6 Å². The zero-order valence-corrected chi connectivity index (χ0v) is 21.0. The molecule has 32 heavy (non-hydrogen) atoms. The molecule has 0 aliphatic heterocycles. The summed E-state index contributed by atoms with van der Waals surface area (Å²) < 4.78 is 0. The Morgan fingerprint density at radius 1 is 0.969 bits per heavy atom. The first kappa shape index (κ1) is 25.3. The highest BCUT2D eigenvalue weighted by atomic mass is 127. The number of benzene rings is 2. The number of nitrogens with zero attached hydrogens (tertiary/aromatic N) is 3. The maximum absolute atomic E-state index is 12.1. The number of nitrogens with one attached hydrogen (secondary N) is 2. The molecule has 3 aromatic rings. The summed E-state index contributed by atoms with van der Waals surface area (Å²) in [6.07, 6.45) is 2.60. The predicted molar refractivity (Wildman–Crippen MR) is 141 cm³/mol. The van der Waals surface area contributed by atoms with E-state index in [1.165, 1.54) is 0 Å². The Balaban J connectivity index is 0.00000363. The van der Waals surface area contributed by atoms with Crippen LogP contribution in [0.15, 0.2) is 77.9 Å². The number of carbonyl (C=O) groups is 1. The number of hydrogen-bond acceptors (Lipinski definition) is 3. The largest absolute Gasteiger partial charge is 0.356 e. The van der Waals surface area contributed by atoms with E-state index < -0.39 is 0 Å². The molecule has 7 heteroatoms. The minimum absolute atomic E-state index is 0. The van der Waals surface area contributed by atoms with Crippen LogP contribution in [0.3, 0.4) is 0 Å². The number of hydrogen-bond donors (Lipinski definition) is 2. The Morgan fingerprint density at radius 3 is 2.47 bits per heavy atom. The van der Waals surface area contributed by atoms with Gasteiger partial charge in [0.1, 0.15) is 0 Å². The van der Waals surface area contributed by atoms with Crippen molar-refractivity contribution in [3.05, 3.63) is 89.6 Å². The van der Waals surface area contributed by atoms with Gasteiger partial charge in [0.2, 0.25) is 0 Å². The summed E-state index contributed by atoms with van der Waals surface area (Å²) in [5, 5.41) is 6.69. The quantitative estimate of drug-likeness (QED) is 0.269. The fourth-order valence-electron chi connectivity index (χ4n) is 3.22. The van der Waals surface area contributed by atoms with Crippen LogP contribution in [0.4, 0.5) is 0 Å². The minimum atomic E-state index is 0. The van der Waals surface area contributed by atoms with Gasteiger partial charge in [-0.15, -0.1) is 24.0 Å². The summed E-state index contributed by atoms with van der Waals surface area (Å²) in [4.78, 5) is 22.4. The monoisotopic (exact) mass is 543 g/mol. The molecule has 0 aliphatic rings. The van der Waals surface area contributed by atoms with Gasteiger partial charge in [0.25, 0.3) is 5.91 Å². The van der Waals surface area contributed by atoms with Crippen molar-refractivity contribution in [3.8, 4) is 11.3 Å². The lowest BCUT2D eigenvalue weighted by atomic mass is 10.1. The average Bonchev–Trinajstić information content (AvgIpc) is 2.81. The second-order valence-corrected chi connectivity index (χ2v) is 7.42. The lowest BCUT2D eigenvalue weighted by Crippen LogP contribution is -2.37. The third-order valence-electron chi connectivity index (χ3n) is 4.86. The van der Waals surface area contributed by atoms with Gasteiger partial charge in [0.15, 0.2) is 5.96 Å². The van der Waals surface area contributed by atoms with E-state index in [1.807, 2.05) is 48.5 Å². The zero-order chi connectivity index (χ0) is 22.1. The van der Waals surface area contributed by atoms with E-state index in [0.717, 1.165) is 34.8 Å². The molecule has 0 bridgehead atoms. The van der Waals surface area contributed by atoms with Gasteiger partial charge in [0.05, 0.1) is 5.69 Å². The third kappa shape index (κ3) is 7.33. The Kier molecular flexibility index (Phi) is 10.1. The number of aromatic nitrogens is 1. The first-order valence-electron chi connectivity index (χ1n) is 10.3. The fourth-order valence-corrected chi connectivity index (χ4v) is 3.22. The highest BCUT2D eigenvalue weighted by Crippen LogP contribution is 2.17. The summed E-state index contributed by atoms with van der Waals surface area (Å²) in [7, 11) is 5.28. The topological polar surface area (TPSA) is 69.6 Å². The molecule has 0 aliphatic carbocycles. The van der Waals surface area contributed by atoms with E-state index in [1.54, 1.807) is 32.2 Å². The number of aliphatic imine (C=N–C) groups is 1. The molecule has 0 spiro atoms. The summed E-state index contributed by atoms with van der Waals surface area (Å²) in [6.45, 7) is 1.38. The highest BCUT2D eigenvalue weighted by Gasteiger charge is 2.08. The Labute approximate surface area is 207 Å². The van der Waals surface area contributed by atoms with Crippen molar-refractivity contribution >= 4 is 35.8 Å². The van der Waals surface area contributed by atoms with E-state index in [4.69, 9.17) is 0 Å². The minimum Gasteiger partial charge on any atom is -0.356 e. The summed E-state index contributed by atoms with van der Waals surface area (Å²) in [5.41, 5.74) is 5.02. The van der Waals surface area contributed by atoms with Crippen molar-refractivity contribution in [3.63, 3.8) is 0 Å². The lowest BCUT2D eigenvalue weighted by molar-refractivity contribution is 0.0827. The Hall–Kier alpha value is -2.94. The summed E-state index contributed by atoms with van der Waals surface area (Å²) >= 11 is 0. The van der Waals surface area contributed by atoms with Gasteiger partial charge in [-0.1, -0.05) is 36.4 Å². The molecule has 0 saturated heterocycles. The van der Waals surface area contributed by atoms with Gasteiger partial charge in [-0.3, -0.25) is 14.8 Å². The van der Waals surface area contributed by atoms with Crippen molar-refractivity contribution in [2.24, 2.45) is 4.99 Å². The standard InChI is InChI=1S/C25H29N5O.HI/c1-26-25(28-15-13-19-8-6-11-22(16-19)24(31)30(2)3)29-18-20-9-7-10-21(17-20)23-12-4-5-14-27-23;/h4-12,14,16-17H,13,15,18H2,1-3H3,(H2,26,28,29);1H. The SMILES string of the molecule is CN=C(NCCc1cccc(C(=O)N(C)C)c1)NCc1cccc(-c2ccccn2)c1.I. The van der Waals surface area contributed by atoms with Crippen LogP contribution in [-0.4, -0.2) is 49.4 Å². The number of guanidine groups is 1. The van der Waals surface area contributed by atoms with Crippen LogP contribution in [0, 0.1) is 0 Å². The molecule has 3 rings (SSSR count). The fraction of sp³-hybridized carbons (Fsp3) is 0.240. The number of rotatable bonds is 7. The van der Waals surface area contributed by atoms with Crippen LogP contribution < -0.4 is 10.6 Å². The molecular formula is C25H30IN5O. The molecule has 1 aromatic heterocycles. The number of pyridine rings is 1. The van der Waals surface area contributed by atoms with E-state index in [-0.39, 0.29) is 29.9 Å². The van der Waals surface area contributed by atoms with Crippen molar-refractivity contribution in [2.75, 3.05) is 27.7 Å². The van der Waals surface area contributed by atoms with Crippen LogP contribution in [0.1, 0.15) is 21.5 Å². The third-order valence-corrected chi connectivity index (χ3v) is 4.86. The molecule has 1 heterocycles. The number of carbonyl (C=O) groups excluding carboxylic acids is 1. The van der Waals surface area contributed by atoms with Crippen molar-refractivity contribution in [2.45, 2.75) is 13.0 Å². The Bertz CT molecular complexity index is 1040. The number of halogens is 1. The molecule has 2 N–H and O–H groups in total. The zero-order valence-electron chi connectivity index (χ0n) is 18.7. The van der Waals surface area contributed by atoms with Gasteiger partial charge < -0.3 is 15.5 Å². The Morgan fingerprint density at radius 2 is 1.75 bits per heavy atom. The van der Waals surface area contributed by atoms with Crippen LogP contribution in [0.2, 0.25) is 0 Å². The molecule has 1 amide bonds. The van der Waals surface area contributed by atoms with Crippen molar-refractivity contribution in [1.29, 1.82) is 0 Å². The highest BCUT2D eigenvalue weighted by molar-refractivity contribution is 14.0. The molecule has 2 aromatic carbocycles. The number of amides is 1. The van der Waals surface area contributed by atoms with E-state index in [2.05, 4.69) is 38.8 Å². The molecule has 0 fully saturated rings. The van der Waals surface area contributed by atoms with Crippen LogP contribution in [0.5, 0.6) is 0 Å². The molecule has 0 atom stereocenters. The maximum Gasteiger partial charge on any atom is 0.253 e. The van der Waals surface area contributed by atoms with Crippen LogP contribution in [-0.2, 0) is 13.0 Å². The predicted octanol–water partition coefficient (Wildman–Crippen LogP) is 3.98. The van der Waals surface area contributed by atoms with Crippen LogP contribution in [0.25, 0.3) is 11.3 Å². The van der Waals surface area contributed by atoms with Crippen LogP contribution >= 0.6 is 24.0 Å². The van der Waals surface area contributed by atoms with E-state index in [9.17, 15) is 4.79 Å². The molecule has 0 unspecified atom stereocenters. The van der Waals surface area contributed by atoms with Crippen molar-refractivity contribution in [1.82, 2.24) is 20.5 Å². The van der Waals surface area contributed by atoms with E-state index >= 15 is 0 Å². The molecule has 0 radical (unpaired) electrons.